The number of ether oxygens (including phenoxy) is 1. The summed E-state index contributed by atoms with van der Waals surface area (Å²) < 4.78 is 6.58. The zero-order valence-corrected chi connectivity index (χ0v) is 18.0. The largest absolute Gasteiger partial charge is 0.494 e. The molecule has 0 spiro atoms. The van der Waals surface area contributed by atoms with Crippen LogP contribution in [0.1, 0.15) is 19.8 Å². The van der Waals surface area contributed by atoms with Gasteiger partial charge in [0, 0.05) is 14.6 Å². The second kappa shape index (κ2) is 8.95. The standard InChI is InChI=1S/C24H21ClOS2/c1-2-3-16-26-20-10-8-18(9-11-20)17-4-6-19(7-5-17)21-12-13-22(27-21)23-14-15-24(25)28-23/h4-15H,2-3,16H2,1H3. The Labute approximate surface area is 179 Å². The molecule has 28 heavy (non-hydrogen) atoms. The van der Waals surface area contributed by atoms with Crippen molar-refractivity contribution in [1.82, 2.24) is 0 Å². The van der Waals surface area contributed by atoms with Crippen molar-refractivity contribution in [3.63, 3.8) is 0 Å². The molecule has 0 aliphatic heterocycles. The van der Waals surface area contributed by atoms with Crippen LogP contribution in [0.4, 0.5) is 0 Å². The fraction of sp³-hybridized carbons (Fsp3) is 0.167. The fourth-order valence-electron chi connectivity index (χ4n) is 2.98. The monoisotopic (exact) mass is 424 g/mol. The molecule has 0 radical (unpaired) electrons. The summed E-state index contributed by atoms with van der Waals surface area (Å²) in [4.78, 5) is 3.75. The van der Waals surface area contributed by atoms with E-state index in [1.54, 1.807) is 22.7 Å². The Kier molecular flexibility index (Phi) is 6.16. The first-order valence-corrected chi connectivity index (χ1v) is 11.4. The molecule has 0 unspecified atom stereocenters. The average molecular weight is 425 g/mol. The number of benzene rings is 2. The van der Waals surface area contributed by atoms with Gasteiger partial charge in [0.2, 0.25) is 0 Å². The van der Waals surface area contributed by atoms with E-state index in [9.17, 15) is 0 Å². The molecule has 0 fully saturated rings. The van der Waals surface area contributed by atoms with E-state index in [-0.39, 0.29) is 0 Å². The molecule has 0 aliphatic rings. The Morgan fingerprint density at radius 2 is 1.25 bits per heavy atom. The number of hydrogen-bond donors (Lipinski definition) is 0. The molecular formula is C24H21ClOS2. The van der Waals surface area contributed by atoms with E-state index >= 15 is 0 Å². The van der Waals surface area contributed by atoms with Gasteiger partial charge in [-0.3, -0.25) is 0 Å². The van der Waals surface area contributed by atoms with Crippen molar-refractivity contribution in [3.05, 3.63) is 77.1 Å². The lowest BCUT2D eigenvalue weighted by Crippen LogP contribution is -1.95. The molecule has 4 heteroatoms. The first-order valence-electron chi connectivity index (χ1n) is 9.42. The van der Waals surface area contributed by atoms with E-state index < -0.39 is 0 Å². The van der Waals surface area contributed by atoms with Crippen molar-refractivity contribution in [2.75, 3.05) is 6.61 Å². The van der Waals surface area contributed by atoms with Gasteiger partial charge in [-0.2, -0.15) is 0 Å². The van der Waals surface area contributed by atoms with Gasteiger partial charge in [0.1, 0.15) is 5.75 Å². The third kappa shape index (κ3) is 4.49. The fourth-order valence-corrected chi connectivity index (χ4v) is 5.12. The lowest BCUT2D eigenvalue weighted by molar-refractivity contribution is 0.309. The molecule has 2 aromatic carbocycles. The summed E-state index contributed by atoms with van der Waals surface area (Å²) in [5, 5.41) is 0. The first-order chi connectivity index (χ1) is 13.7. The van der Waals surface area contributed by atoms with Crippen LogP contribution in [0.5, 0.6) is 5.75 Å². The van der Waals surface area contributed by atoms with Crippen molar-refractivity contribution in [1.29, 1.82) is 0 Å². The number of rotatable bonds is 7. The molecule has 2 aromatic heterocycles. The molecule has 0 bridgehead atoms. The van der Waals surface area contributed by atoms with Crippen LogP contribution in [-0.2, 0) is 0 Å². The molecule has 1 nitrogen and oxygen atoms in total. The minimum absolute atomic E-state index is 0.783. The Balaban J connectivity index is 1.47. The van der Waals surface area contributed by atoms with Gasteiger partial charge in [0.25, 0.3) is 0 Å². The lowest BCUT2D eigenvalue weighted by atomic mass is 10.0. The molecular weight excluding hydrogens is 404 g/mol. The molecule has 2 heterocycles. The van der Waals surface area contributed by atoms with E-state index in [1.807, 2.05) is 6.07 Å². The van der Waals surface area contributed by atoms with E-state index in [2.05, 4.69) is 73.7 Å². The van der Waals surface area contributed by atoms with Crippen molar-refractivity contribution in [2.45, 2.75) is 19.8 Å². The molecule has 0 saturated carbocycles. The third-order valence-electron chi connectivity index (χ3n) is 4.55. The summed E-state index contributed by atoms with van der Waals surface area (Å²) in [5.41, 5.74) is 3.65. The minimum Gasteiger partial charge on any atom is -0.494 e. The van der Waals surface area contributed by atoms with Gasteiger partial charge in [-0.25, -0.2) is 0 Å². The van der Waals surface area contributed by atoms with Crippen LogP contribution in [-0.4, -0.2) is 6.61 Å². The summed E-state index contributed by atoms with van der Waals surface area (Å²) in [6, 6.07) is 25.5. The van der Waals surface area contributed by atoms with Crippen LogP contribution in [0.3, 0.4) is 0 Å². The molecule has 0 N–H and O–H groups in total. The number of hydrogen-bond acceptors (Lipinski definition) is 3. The molecule has 4 rings (SSSR count). The molecule has 0 saturated heterocycles. The Morgan fingerprint density at radius 1 is 0.679 bits per heavy atom. The van der Waals surface area contributed by atoms with Crippen LogP contribution in [0, 0.1) is 0 Å². The van der Waals surface area contributed by atoms with Crippen LogP contribution in [0.15, 0.2) is 72.8 Å². The van der Waals surface area contributed by atoms with Gasteiger partial charge in [-0.05, 0) is 59.5 Å². The highest BCUT2D eigenvalue weighted by atomic mass is 35.5. The second-order valence-electron chi connectivity index (χ2n) is 6.57. The third-order valence-corrected chi connectivity index (χ3v) is 7.11. The van der Waals surface area contributed by atoms with E-state index in [1.165, 1.54) is 31.3 Å². The maximum Gasteiger partial charge on any atom is 0.119 e. The molecule has 4 aromatic rings. The summed E-state index contributed by atoms with van der Waals surface area (Å²) in [5.74, 6) is 0.939. The van der Waals surface area contributed by atoms with E-state index in [0.717, 1.165) is 29.5 Å². The van der Waals surface area contributed by atoms with Crippen LogP contribution < -0.4 is 4.74 Å². The van der Waals surface area contributed by atoms with Crippen molar-refractivity contribution >= 4 is 34.3 Å². The highest BCUT2D eigenvalue weighted by Crippen LogP contribution is 2.39. The Morgan fingerprint density at radius 3 is 1.89 bits per heavy atom. The van der Waals surface area contributed by atoms with Gasteiger partial charge in [0.05, 0.1) is 10.9 Å². The quantitative estimate of drug-likeness (QED) is 0.269. The van der Waals surface area contributed by atoms with Gasteiger partial charge >= 0.3 is 0 Å². The maximum absolute atomic E-state index is 6.07. The van der Waals surface area contributed by atoms with Crippen molar-refractivity contribution in [2.24, 2.45) is 0 Å². The molecule has 0 aliphatic carbocycles. The lowest BCUT2D eigenvalue weighted by Gasteiger charge is -2.07. The molecule has 142 valence electrons. The number of halogens is 1. The highest BCUT2D eigenvalue weighted by molar-refractivity contribution is 7.25. The van der Waals surface area contributed by atoms with Crippen molar-refractivity contribution < 1.29 is 4.74 Å². The van der Waals surface area contributed by atoms with Crippen molar-refractivity contribution in [3.8, 4) is 37.1 Å². The first kappa shape index (κ1) is 19.3. The summed E-state index contributed by atoms with van der Waals surface area (Å²) >= 11 is 9.49. The van der Waals surface area contributed by atoms with Crippen LogP contribution in [0.25, 0.3) is 31.3 Å². The summed E-state index contributed by atoms with van der Waals surface area (Å²) in [7, 11) is 0. The molecule has 0 atom stereocenters. The normalized spacial score (nSPS) is 10.9. The average Bonchev–Trinajstić information content (AvgIpc) is 3.38. The Hall–Kier alpha value is -2.07. The predicted molar refractivity (Wildman–Crippen MR) is 124 cm³/mol. The predicted octanol–water partition coefficient (Wildman–Crippen LogP) is 8.64. The van der Waals surface area contributed by atoms with E-state index in [0.29, 0.717) is 0 Å². The van der Waals surface area contributed by atoms with Gasteiger partial charge < -0.3 is 4.74 Å². The van der Waals surface area contributed by atoms with Crippen LogP contribution in [0.2, 0.25) is 4.34 Å². The molecule has 0 amide bonds. The van der Waals surface area contributed by atoms with Gasteiger partial charge in [0.15, 0.2) is 0 Å². The maximum atomic E-state index is 6.07. The summed E-state index contributed by atoms with van der Waals surface area (Å²) in [6.07, 6.45) is 2.24. The SMILES string of the molecule is CCCCOc1ccc(-c2ccc(-c3ccc(-c4ccc(Cl)s4)s3)cc2)cc1. The Bertz CT molecular complexity index is 1030. The zero-order chi connectivity index (χ0) is 19.3. The minimum atomic E-state index is 0.783. The van der Waals surface area contributed by atoms with Gasteiger partial charge in [-0.15, -0.1) is 22.7 Å². The topological polar surface area (TPSA) is 9.23 Å². The number of thiophene rings is 2. The number of unbranched alkanes of at least 4 members (excludes halogenated alkanes) is 1. The smallest absolute Gasteiger partial charge is 0.119 e. The highest BCUT2D eigenvalue weighted by Gasteiger charge is 2.08. The van der Waals surface area contributed by atoms with Gasteiger partial charge in [-0.1, -0.05) is 61.3 Å². The summed E-state index contributed by atoms with van der Waals surface area (Å²) in [6.45, 7) is 2.95. The zero-order valence-electron chi connectivity index (χ0n) is 15.7. The van der Waals surface area contributed by atoms with Crippen LogP contribution >= 0.6 is 34.3 Å². The second-order valence-corrected chi connectivity index (χ2v) is 9.37. The van der Waals surface area contributed by atoms with E-state index in [4.69, 9.17) is 16.3 Å².